The van der Waals surface area contributed by atoms with Crippen molar-refractivity contribution in [2.45, 2.75) is 51.8 Å². The van der Waals surface area contributed by atoms with Gasteiger partial charge in [0.25, 0.3) is 5.56 Å². The Balaban J connectivity index is 1.73. The van der Waals surface area contributed by atoms with E-state index in [1.165, 1.54) is 47.1 Å². The summed E-state index contributed by atoms with van der Waals surface area (Å²) < 4.78 is 28.3. The van der Waals surface area contributed by atoms with Crippen molar-refractivity contribution in [1.29, 1.82) is 5.26 Å². The summed E-state index contributed by atoms with van der Waals surface area (Å²) in [5.74, 6) is -0.517. The summed E-state index contributed by atoms with van der Waals surface area (Å²) in [4.78, 5) is 44.9. The average Bonchev–Trinajstić information content (AvgIpc) is 3.76. The molecule has 1 fully saturated rings. The maximum absolute atomic E-state index is 14.4. The van der Waals surface area contributed by atoms with Crippen LogP contribution in [0.25, 0.3) is 15.2 Å². The van der Waals surface area contributed by atoms with E-state index in [0.29, 0.717) is 39.8 Å². The SMILES string of the molecule is COc1ccc(F)cc1[C@H](Cn1c(=O)n([C@H](C)C(=O)N2CCCC2)c(=O)c2c(C)c(-n3nccn3)sc21)OCCC#N. The molecule has 4 heterocycles. The van der Waals surface area contributed by atoms with E-state index in [2.05, 4.69) is 10.2 Å². The number of nitrogens with zero attached hydrogens (tertiary/aromatic N) is 7. The lowest BCUT2D eigenvalue weighted by Crippen LogP contribution is -2.47. The van der Waals surface area contributed by atoms with E-state index < -0.39 is 29.2 Å². The summed E-state index contributed by atoms with van der Waals surface area (Å²) in [5, 5.41) is 18.3. The highest BCUT2D eigenvalue weighted by Crippen LogP contribution is 2.34. The fourth-order valence-corrected chi connectivity index (χ4v) is 6.51. The Labute approximate surface area is 244 Å². The number of methoxy groups -OCH3 is 1. The van der Waals surface area contributed by atoms with E-state index in [1.54, 1.807) is 18.7 Å². The smallest absolute Gasteiger partial charge is 0.332 e. The third-order valence-corrected chi connectivity index (χ3v) is 8.68. The van der Waals surface area contributed by atoms with Gasteiger partial charge in [0.1, 0.15) is 33.5 Å². The molecule has 0 unspecified atom stereocenters. The Morgan fingerprint density at radius 3 is 2.60 bits per heavy atom. The van der Waals surface area contributed by atoms with Crippen LogP contribution < -0.4 is 16.0 Å². The largest absolute Gasteiger partial charge is 0.496 e. The van der Waals surface area contributed by atoms with Gasteiger partial charge in [-0.2, -0.15) is 15.5 Å². The predicted octanol–water partition coefficient (Wildman–Crippen LogP) is 3.12. The third kappa shape index (κ3) is 5.33. The fraction of sp³-hybridized carbons (Fsp3) is 0.429. The van der Waals surface area contributed by atoms with Crippen molar-refractivity contribution in [3.8, 4) is 16.8 Å². The van der Waals surface area contributed by atoms with Crippen LogP contribution in [0.15, 0.2) is 40.2 Å². The van der Waals surface area contributed by atoms with Crippen LogP contribution in [0, 0.1) is 24.1 Å². The Kier molecular flexibility index (Phi) is 8.51. The maximum atomic E-state index is 14.4. The molecule has 14 heteroatoms. The third-order valence-electron chi connectivity index (χ3n) is 7.40. The van der Waals surface area contributed by atoms with Crippen molar-refractivity contribution >= 4 is 27.5 Å². The minimum atomic E-state index is -1.06. The summed E-state index contributed by atoms with van der Waals surface area (Å²) in [5.41, 5.74) is -0.428. The number of amides is 1. The molecule has 12 nitrogen and oxygen atoms in total. The van der Waals surface area contributed by atoms with E-state index in [4.69, 9.17) is 14.7 Å². The van der Waals surface area contributed by atoms with E-state index in [-0.39, 0.29) is 30.9 Å². The number of ether oxygens (including phenoxy) is 2. The summed E-state index contributed by atoms with van der Waals surface area (Å²) in [6.07, 6.45) is 3.85. The molecule has 1 aliphatic heterocycles. The minimum absolute atomic E-state index is 0.00808. The van der Waals surface area contributed by atoms with Crippen molar-refractivity contribution in [3.05, 3.63) is 68.4 Å². The Morgan fingerprint density at radius 2 is 1.93 bits per heavy atom. The molecule has 1 saturated heterocycles. The summed E-state index contributed by atoms with van der Waals surface area (Å²) in [6.45, 7) is 4.27. The number of carbonyl (C=O) groups is 1. The van der Waals surface area contributed by atoms with Gasteiger partial charge in [0, 0.05) is 24.2 Å². The first-order chi connectivity index (χ1) is 20.3. The topological polar surface area (TPSA) is 137 Å². The molecule has 220 valence electrons. The molecule has 4 aromatic rings. The number of hydrogen-bond acceptors (Lipinski definition) is 9. The van der Waals surface area contributed by atoms with Crippen LogP contribution in [0.3, 0.4) is 0 Å². The van der Waals surface area contributed by atoms with Crippen molar-refractivity contribution in [2.24, 2.45) is 0 Å². The number of rotatable bonds is 10. The van der Waals surface area contributed by atoms with Crippen LogP contribution in [0.1, 0.15) is 49.5 Å². The second-order valence-electron chi connectivity index (χ2n) is 9.96. The first kappa shape index (κ1) is 29.2. The van der Waals surface area contributed by atoms with Gasteiger partial charge in [-0.15, -0.1) is 4.80 Å². The summed E-state index contributed by atoms with van der Waals surface area (Å²) in [7, 11) is 1.44. The Morgan fingerprint density at radius 1 is 1.21 bits per heavy atom. The van der Waals surface area contributed by atoms with Gasteiger partial charge < -0.3 is 14.4 Å². The normalized spacial score (nSPS) is 14.7. The Hall–Kier alpha value is -4.35. The molecule has 0 spiro atoms. The number of aromatic nitrogens is 5. The zero-order valence-corrected chi connectivity index (χ0v) is 24.3. The van der Waals surface area contributed by atoms with Crippen molar-refractivity contribution in [1.82, 2.24) is 29.0 Å². The van der Waals surface area contributed by atoms with Crippen LogP contribution in [0.2, 0.25) is 0 Å². The second kappa shape index (κ2) is 12.3. The number of fused-ring (bicyclic) bond motifs is 1. The number of benzene rings is 1. The highest BCUT2D eigenvalue weighted by molar-refractivity contribution is 7.21. The number of aryl methyl sites for hydroxylation is 1. The fourth-order valence-electron chi connectivity index (χ4n) is 5.29. The number of thiophene rings is 1. The first-order valence-corrected chi connectivity index (χ1v) is 14.3. The lowest BCUT2D eigenvalue weighted by molar-refractivity contribution is -0.133. The van der Waals surface area contributed by atoms with E-state index in [1.807, 2.05) is 6.07 Å². The van der Waals surface area contributed by atoms with E-state index >= 15 is 0 Å². The van der Waals surface area contributed by atoms with Gasteiger partial charge in [0.05, 0.1) is 50.5 Å². The molecular formula is C28H30FN7O5S. The zero-order valence-electron chi connectivity index (χ0n) is 23.4. The number of halogens is 1. The highest BCUT2D eigenvalue weighted by Gasteiger charge is 2.31. The van der Waals surface area contributed by atoms with E-state index in [9.17, 15) is 18.8 Å². The van der Waals surface area contributed by atoms with Crippen molar-refractivity contribution < 1.29 is 18.7 Å². The monoisotopic (exact) mass is 595 g/mol. The lowest BCUT2D eigenvalue weighted by atomic mass is 10.1. The summed E-state index contributed by atoms with van der Waals surface area (Å²) in [6, 6.07) is 4.91. The molecule has 2 atom stereocenters. The molecule has 42 heavy (non-hydrogen) atoms. The first-order valence-electron chi connectivity index (χ1n) is 13.5. The van der Waals surface area contributed by atoms with Gasteiger partial charge in [-0.25, -0.2) is 13.8 Å². The van der Waals surface area contributed by atoms with Crippen LogP contribution >= 0.6 is 11.3 Å². The second-order valence-corrected chi connectivity index (χ2v) is 10.9. The number of likely N-dealkylation sites (tertiary alicyclic amines) is 1. The van der Waals surface area contributed by atoms with Crippen molar-refractivity contribution in [3.63, 3.8) is 0 Å². The molecule has 1 aliphatic rings. The molecule has 3 aromatic heterocycles. The van der Waals surface area contributed by atoms with Gasteiger partial charge in [0.15, 0.2) is 0 Å². The molecule has 0 radical (unpaired) electrons. The quantitative estimate of drug-likeness (QED) is 0.255. The van der Waals surface area contributed by atoms with E-state index in [0.717, 1.165) is 28.7 Å². The molecule has 1 aromatic carbocycles. The zero-order chi connectivity index (χ0) is 30.0. The van der Waals surface area contributed by atoms with Crippen LogP contribution in [0.4, 0.5) is 4.39 Å². The molecule has 1 amide bonds. The van der Waals surface area contributed by atoms with Gasteiger partial charge >= 0.3 is 5.69 Å². The van der Waals surface area contributed by atoms with Crippen LogP contribution in [-0.2, 0) is 16.1 Å². The molecule has 5 rings (SSSR count). The van der Waals surface area contributed by atoms with Crippen molar-refractivity contribution in [2.75, 3.05) is 26.8 Å². The maximum Gasteiger partial charge on any atom is 0.332 e. The predicted molar refractivity (Wildman–Crippen MR) is 152 cm³/mol. The summed E-state index contributed by atoms with van der Waals surface area (Å²) >= 11 is 1.15. The van der Waals surface area contributed by atoms with Crippen LogP contribution in [0.5, 0.6) is 5.75 Å². The average molecular weight is 596 g/mol. The molecule has 0 N–H and O–H groups in total. The lowest BCUT2D eigenvalue weighted by Gasteiger charge is -2.24. The van der Waals surface area contributed by atoms with Crippen LogP contribution in [-0.4, -0.2) is 61.7 Å². The van der Waals surface area contributed by atoms with Gasteiger partial charge in [-0.3, -0.25) is 14.2 Å². The number of hydrogen-bond donors (Lipinski definition) is 0. The number of carbonyl (C=O) groups excluding carboxylic acids is 1. The molecule has 0 aliphatic carbocycles. The molecule has 0 saturated carbocycles. The van der Waals surface area contributed by atoms with Gasteiger partial charge in [-0.1, -0.05) is 11.3 Å². The Bertz CT molecular complexity index is 1770. The minimum Gasteiger partial charge on any atom is -0.496 e. The number of nitriles is 1. The highest BCUT2D eigenvalue weighted by atomic mass is 32.1. The molecule has 0 bridgehead atoms. The van der Waals surface area contributed by atoms with Gasteiger partial charge in [-0.05, 0) is 44.9 Å². The standard InChI is InChI=1S/C28H30FN7O5S/c1-17-23-25(38)35(18(2)24(37)33-12-4-5-13-33)28(39)34(27(23)42-26(17)36-31-10-11-32-36)16-22(41-14-6-9-30)20-15-19(29)7-8-21(20)40-3/h7-8,10-11,15,18,22H,4-6,12-14,16H2,1-3H3/t18-,22+/m1/s1. The molecular weight excluding hydrogens is 565 g/mol. The van der Waals surface area contributed by atoms with Gasteiger partial charge in [0.2, 0.25) is 5.91 Å².